The van der Waals surface area contributed by atoms with E-state index in [2.05, 4.69) is 0 Å². The fourth-order valence-corrected chi connectivity index (χ4v) is 3.62. The smallest absolute Gasteiger partial charge is 0.270 e. The van der Waals surface area contributed by atoms with Crippen molar-refractivity contribution in [2.75, 3.05) is 14.2 Å². The Bertz CT molecular complexity index is 1260. The maximum atomic E-state index is 11.3. The van der Waals surface area contributed by atoms with Gasteiger partial charge in [0.05, 0.1) is 35.4 Å². The molecule has 0 saturated carbocycles. The quantitative estimate of drug-likeness (QED) is 0.341. The molecule has 0 saturated heterocycles. The van der Waals surface area contributed by atoms with Gasteiger partial charge >= 0.3 is 0 Å². The van der Waals surface area contributed by atoms with Crippen LogP contribution in [0, 0.1) is 10.1 Å². The average molecular weight is 456 g/mol. The lowest BCUT2D eigenvalue weighted by Gasteiger charge is -2.14. The molecule has 0 N–H and O–H groups in total. The van der Waals surface area contributed by atoms with Gasteiger partial charge in [-0.1, -0.05) is 41.9 Å². The van der Waals surface area contributed by atoms with E-state index in [1.165, 1.54) is 13.2 Å². The number of pyridine rings is 1. The molecule has 31 heavy (non-hydrogen) atoms. The highest BCUT2D eigenvalue weighted by Crippen LogP contribution is 2.40. The Labute approximate surface area is 190 Å². The summed E-state index contributed by atoms with van der Waals surface area (Å²) in [6, 6.07) is 19.7. The minimum Gasteiger partial charge on any atom is -1.00 e. The minimum atomic E-state index is -0.408. The lowest BCUT2D eigenvalue weighted by molar-refractivity contribution is -0.384. The summed E-state index contributed by atoms with van der Waals surface area (Å²) in [5.41, 5.74) is 3.72. The molecule has 0 aliphatic rings. The predicted octanol–water partition coefficient (Wildman–Crippen LogP) is 3.15. The van der Waals surface area contributed by atoms with Gasteiger partial charge in [0, 0.05) is 29.1 Å². The van der Waals surface area contributed by atoms with Gasteiger partial charge in [-0.05, 0) is 29.3 Å². The average Bonchev–Trinajstić information content (AvgIpc) is 2.78. The molecule has 0 spiro atoms. The van der Waals surface area contributed by atoms with Gasteiger partial charge in [-0.15, -0.1) is 0 Å². The Morgan fingerprint density at radius 2 is 1.61 bits per heavy atom. The molecular weight excluding hydrogens is 439 g/mol. The number of hydrogen-bond acceptors (Lipinski definition) is 5. The summed E-state index contributed by atoms with van der Waals surface area (Å²) < 4.78 is 10.8. The third-order valence-electron chi connectivity index (χ3n) is 4.84. The molecule has 0 fully saturated rings. The Morgan fingerprint density at radius 1 is 0.903 bits per heavy atom. The Morgan fingerprint density at radius 3 is 2.26 bits per heavy atom. The molecule has 4 aromatic rings. The number of halogens is 2. The van der Waals surface area contributed by atoms with Crippen molar-refractivity contribution in [3.05, 3.63) is 81.9 Å². The minimum absolute atomic E-state index is 0. The van der Waals surface area contributed by atoms with E-state index in [1.807, 2.05) is 36.4 Å². The van der Waals surface area contributed by atoms with Crippen molar-refractivity contribution >= 4 is 28.2 Å². The van der Waals surface area contributed by atoms with Gasteiger partial charge in [-0.3, -0.25) is 10.1 Å². The molecule has 0 bridgehead atoms. The van der Waals surface area contributed by atoms with Crippen molar-refractivity contribution in [3.8, 4) is 33.9 Å². The predicted molar refractivity (Wildman–Crippen MR) is 117 cm³/mol. The highest BCUT2D eigenvalue weighted by Gasteiger charge is 2.17. The molecule has 0 aliphatic carbocycles. The monoisotopic (exact) mass is 455 g/mol. The van der Waals surface area contributed by atoms with Crippen LogP contribution in [0.15, 0.2) is 66.7 Å². The van der Waals surface area contributed by atoms with Crippen LogP contribution in [0.25, 0.3) is 33.3 Å². The van der Waals surface area contributed by atoms with Crippen LogP contribution in [0.3, 0.4) is 0 Å². The van der Waals surface area contributed by atoms with Crippen LogP contribution in [0.5, 0.6) is 11.5 Å². The summed E-state index contributed by atoms with van der Waals surface area (Å²) >= 11 is 6.36. The Balaban J connectivity index is 0.00000272. The van der Waals surface area contributed by atoms with E-state index in [-0.39, 0.29) is 18.1 Å². The number of methoxy groups -OCH3 is 2. The van der Waals surface area contributed by atoms with Gasteiger partial charge in [0.2, 0.25) is 0 Å². The largest absolute Gasteiger partial charge is 1.00 e. The van der Waals surface area contributed by atoms with E-state index in [1.54, 1.807) is 31.4 Å². The summed E-state index contributed by atoms with van der Waals surface area (Å²) in [5, 5.41) is 12.4. The third kappa shape index (κ3) is 4.26. The lowest BCUT2D eigenvalue weighted by atomic mass is 9.97. The summed E-state index contributed by atoms with van der Waals surface area (Å²) in [5.74, 6) is 1.06. The van der Waals surface area contributed by atoms with E-state index in [0.29, 0.717) is 38.7 Å². The highest BCUT2D eigenvalue weighted by atomic mass is 35.5. The number of benzene rings is 3. The van der Waals surface area contributed by atoms with Gasteiger partial charge in [-0.2, -0.15) is 0 Å². The zero-order valence-electron chi connectivity index (χ0n) is 16.6. The standard InChI is InChI=1S/C23H17ClN2O4.ClH/c1-29-22-13-23(30-2)19(24)11-18(22)21-12-16(14-6-4-3-5-7-14)17-10-15(26(27)28)8-9-20(17)25-21;/h3-13H,1-2H3;1H/p-1. The van der Waals surface area contributed by atoms with Crippen LogP contribution in [0.4, 0.5) is 5.69 Å². The van der Waals surface area contributed by atoms with Crippen LogP contribution < -0.4 is 21.9 Å². The van der Waals surface area contributed by atoms with Crippen LogP contribution in [-0.4, -0.2) is 24.1 Å². The first kappa shape index (κ1) is 22.3. The molecule has 3 aromatic carbocycles. The summed E-state index contributed by atoms with van der Waals surface area (Å²) in [4.78, 5) is 15.6. The van der Waals surface area contributed by atoms with E-state index in [0.717, 1.165) is 11.1 Å². The van der Waals surface area contributed by atoms with Crippen molar-refractivity contribution in [1.82, 2.24) is 4.98 Å². The normalized spacial score (nSPS) is 10.4. The number of fused-ring (bicyclic) bond motifs is 1. The van der Waals surface area contributed by atoms with E-state index in [9.17, 15) is 10.1 Å². The number of nitro groups is 1. The number of rotatable bonds is 5. The zero-order valence-corrected chi connectivity index (χ0v) is 18.1. The van der Waals surface area contributed by atoms with Crippen molar-refractivity contribution in [1.29, 1.82) is 0 Å². The van der Waals surface area contributed by atoms with E-state index < -0.39 is 4.92 Å². The first-order valence-electron chi connectivity index (χ1n) is 9.08. The first-order valence-corrected chi connectivity index (χ1v) is 9.46. The second kappa shape index (κ2) is 9.20. The molecule has 0 radical (unpaired) electrons. The van der Waals surface area contributed by atoms with Gasteiger partial charge in [0.15, 0.2) is 0 Å². The molecule has 0 amide bonds. The molecule has 1 heterocycles. The van der Waals surface area contributed by atoms with Gasteiger partial charge in [0.1, 0.15) is 11.5 Å². The second-order valence-electron chi connectivity index (χ2n) is 6.57. The van der Waals surface area contributed by atoms with Crippen molar-refractivity contribution < 1.29 is 26.8 Å². The number of non-ortho nitro benzene ring substituents is 1. The number of nitrogens with zero attached hydrogens (tertiary/aromatic N) is 2. The fourth-order valence-electron chi connectivity index (χ4n) is 3.38. The number of nitro benzene ring substituents is 1. The maximum Gasteiger partial charge on any atom is 0.270 e. The van der Waals surface area contributed by atoms with Gasteiger partial charge in [0.25, 0.3) is 5.69 Å². The second-order valence-corrected chi connectivity index (χ2v) is 6.97. The van der Waals surface area contributed by atoms with Crippen LogP contribution in [0.1, 0.15) is 0 Å². The number of ether oxygens (including phenoxy) is 2. The van der Waals surface area contributed by atoms with Crippen LogP contribution in [-0.2, 0) is 0 Å². The Kier molecular flexibility index (Phi) is 6.63. The van der Waals surface area contributed by atoms with Crippen LogP contribution in [0.2, 0.25) is 5.02 Å². The van der Waals surface area contributed by atoms with Gasteiger partial charge in [-0.25, -0.2) is 4.98 Å². The first-order chi connectivity index (χ1) is 14.5. The molecule has 158 valence electrons. The van der Waals surface area contributed by atoms with E-state index in [4.69, 9.17) is 26.1 Å². The molecule has 0 atom stereocenters. The van der Waals surface area contributed by atoms with E-state index >= 15 is 0 Å². The Hall–Kier alpha value is -3.35. The van der Waals surface area contributed by atoms with Crippen molar-refractivity contribution in [2.45, 2.75) is 0 Å². The van der Waals surface area contributed by atoms with Crippen molar-refractivity contribution in [2.24, 2.45) is 0 Å². The topological polar surface area (TPSA) is 74.5 Å². The summed E-state index contributed by atoms with van der Waals surface area (Å²) in [6.07, 6.45) is 0. The summed E-state index contributed by atoms with van der Waals surface area (Å²) in [7, 11) is 3.10. The van der Waals surface area contributed by atoms with Crippen LogP contribution >= 0.6 is 11.6 Å². The number of aromatic nitrogens is 1. The van der Waals surface area contributed by atoms with Crippen molar-refractivity contribution in [3.63, 3.8) is 0 Å². The molecule has 0 unspecified atom stereocenters. The lowest BCUT2D eigenvalue weighted by Crippen LogP contribution is -3.00. The summed E-state index contributed by atoms with van der Waals surface area (Å²) in [6.45, 7) is 0. The molecular formula is C23H17Cl2N2O4-. The molecule has 0 aliphatic heterocycles. The SMILES string of the molecule is COc1cc(OC)c(-c2cc(-c3ccccc3)c3cc([N+](=O)[O-])ccc3n2)cc1Cl.[Cl-]. The maximum absolute atomic E-state index is 11.3. The molecule has 1 aromatic heterocycles. The van der Waals surface area contributed by atoms with Gasteiger partial charge < -0.3 is 21.9 Å². The molecule has 6 nitrogen and oxygen atoms in total. The molecule has 4 rings (SSSR count). The number of hydrogen-bond donors (Lipinski definition) is 0. The third-order valence-corrected chi connectivity index (χ3v) is 5.13. The highest BCUT2D eigenvalue weighted by molar-refractivity contribution is 6.32. The fraction of sp³-hybridized carbons (Fsp3) is 0.0870. The molecule has 8 heteroatoms. The zero-order chi connectivity index (χ0) is 21.3.